The molecule has 1 aromatic carbocycles. The van der Waals surface area contributed by atoms with E-state index in [1.54, 1.807) is 7.11 Å². The summed E-state index contributed by atoms with van der Waals surface area (Å²) in [4.78, 5) is 10.8. The van der Waals surface area contributed by atoms with E-state index in [0.717, 1.165) is 46.7 Å². The fourth-order valence-electron chi connectivity index (χ4n) is 2.70. The highest BCUT2D eigenvalue weighted by Crippen LogP contribution is 2.43. The first kappa shape index (κ1) is 14.2. The summed E-state index contributed by atoms with van der Waals surface area (Å²) in [5, 5.41) is 9.67. The highest BCUT2D eigenvalue weighted by Gasteiger charge is 2.42. The van der Waals surface area contributed by atoms with Crippen LogP contribution in [0.2, 0.25) is 5.02 Å². The molecule has 0 aromatic heterocycles. The molecule has 1 aliphatic rings. The summed E-state index contributed by atoms with van der Waals surface area (Å²) >= 11 is 6.21. The minimum Gasteiger partial charge on any atom is -0.496 e. The Hall–Kier alpha value is -1.22. The number of rotatable bonds is 5. The van der Waals surface area contributed by atoms with Gasteiger partial charge in [-0.2, -0.15) is 0 Å². The summed E-state index contributed by atoms with van der Waals surface area (Å²) in [6.45, 7) is 3.96. The monoisotopic (exact) mass is 282 g/mol. The van der Waals surface area contributed by atoms with Crippen molar-refractivity contribution in [3.05, 3.63) is 27.8 Å². The van der Waals surface area contributed by atoms with E-state index >= 15 is 0 Å². The van der Waals surface area contributed by atoms with Gasteiger partial charge in [0.25, 0.3) is 0 Å². The van der Waals surface area contributed by atoms with Crippen molar-refractivity contribution in [2.75, 3.05) is 7.11 Å². The Kier molecular flexibility index (Phi) is 4.04. The van der Waals surface area contributed by atoms with Gasteiger partial charge < -0.3 is 9.84 Å². The van der Waals surface area contributed by atoms with E-state index < -0.39 is 5.97 Å². The molecular formula is C15H19ClO3. The van der Waals surface area contributed by atoms with Crippen LogP contribution in [0, 0.1) is 25.7 Å². The molecule has 0 heterocycles. The van der Waals surface area contributed by atoms with Crippen LogP contribution in [-0.4, -0.2) is 18.2 Å². The minimum absolute atomic E-state index is 0.147. The summed E-state index contributed by atoms with van der Waals surface area (Å²) in [6, 6.07) is 1.91. The number of ether oxygens (including phenoxy) is 1. The molecule has 0 amide bonds. The van der Waals surface area contributed by atoms with Crippen molar-refractivity contribution in [2.24, 2.45) is 11.8 Å². The summed E-state index contributed by atoms with van der Waals surface area (Å²) in [6.07, 6.45) is 2.51. The van der Waals surface area contributed by atoms with E-state index in [0.29, 0.717) is 5.92 Å². The van der Waals surface area contributed by atoms with Gasteiger partial charge in [-0.15, -0.1) is 0 Å². The van der Waals surface area contributed by atoms with Gasteiger partial charge in [-0.1, -0.05) is 11.6 Å². The standard InChI is InChI=1S/C15H19ClO3/c1-8-6-13(16)9(2)11(14(8)19-3)5-4-10-7-12(10)15(17)18/h6,10,12H,4-5,7H2,1-3H3,(H,17,18). The summed E-state index contributed by atoms with van der Waals surface area (Å²) in [5.74, 6) is 0.373. The Morgan fingerprint density at radius 3 is 2.74 bits per heavy atom. The van der Waals surface area contributed by atoms with Crippen LogP contribution in [0.1, 0.15) is 29.5 Å². The van der Waals surface area contributed by atoms with E-state index in [1.807, 2.05) is 19.9 Å². The highest BCUT2D eigenvalue weighted by atomic mass is 35.5. The third kappa shape index (κ3) is 2.86. The van der Waals surface area contributed by atoms with Crippen molar-refractivity contribution in [3.63, 3.8) is 0 Å². The molecule has 0 spiro atoms. The topological polar surface area (TPSA) is 46.5 Å². The second-order valence-corrected chi connectivity index (χ2v) is 5.70. The smallest absolute Gasteiger partial charge is 0.306 e. The lowest BCUT2D eigenvalue weighted by Crippen LogP contribution is -2.03. The van der Waals surface area contributed by atoms with Gasteiger partial charge in [-0.25, -0.2) is 0 Å². The Labute approximate surface area is 118 Å². The van der Waals surface area contributed by atoms with Crippen molar-refractivity contribution >= 4 is 17.6 Å². The molecule has 0 radical (unpaired) electrons. The van der Waals surface area contributed by atoms with Crippen LogP contribution in [0.25, 0.3) is 0 Å². The average Bonchev–Trinajstić information content (AvgIpc) is 3.11. The Bertz CT molecular complexity index is 511. The summed E-state index contributed by atoms with van der Waals surface area (Å²) < 4.78 is 5.46. The van der Waals surface area contributed by atoms with E-state index in [9.17, 15) is 4.79 Å². The first-order valence-electron chi connectivity index (χ1n) is 6.51. The van der Waals surface area contributed by atoms with Gasteiger partial charge in [0.2, 0.25) is 0 Å². The van der Waals surface area contributed by atoms with Gasteiger partial charge in [-0.05, 0) is 61.8 Å². The van der Waals surface area contributed by atoms with Gasteiger partial charge in [0, 0.05) is 5.02 Å². The molecule has 3 nitrogen and oxygen atoms in total. The molecule has 1 N–H and O–H groups in total. The number of carboxylic acids is 1. The van der Waals surface area contributed by atoms with Crippen molar-refractivity contribution in [3.8, 4) is 5.75 Å². The number of halogens is 1. The number of hydrogen-bond donors (Lipinski definition) is 1. The van der Waals surface area contributed by atoms with Gasteiger partial charge in [-0.3, -0.25) is 4.79 Å². The van der Waals surface area contributed by atoms with Crippen LogP contribution in [0.5, 0.6) is 5.75 Å². The highest BCUT2D eigenvalue weighted by molar-refractivity contribution is 6.31. The molecule has 1 fully saturated rings. The lowest BCUT2D eigenvalue weighted by atomic mass is 9.98. The number of hydrogen-bond acceptors (Lipinski definition) is 2. The largest absolute Gasteiger partial charge is 0.496 e. The maximum Gasteiger partial charge on any atom is 0.306 e. The Morgan fingerprint density at radius 1 is 1.53 bits per heavy atom. The molecule has 0 bridgehead atoms. The maximum absolute atomic E-state index is 10.8. The van der Waals surface area contributed by atoms with E-state index in [4.69, 9.17) is 21.4 Å². The van der Waals surface area contributed by atoms with E-state index in [2.05, 4.69) is 0 Å². The number of methoxy groups -OCH3 is 1. The number of aryl methyl sites for hydroxylation is 1. The molecule has 1 aliphatic carbocycles. The fourth-order valence-corrected chi connectivity index (χ4v) is 2.98. The SMILES string of the molecule is COc1c(C)cc(Cl)c(C)c1CCC1CC1C(=O)O. The van der Waals surface area contributed by atoms with Crippen LogP contribution in [0.4, 0.5) is 0 Å². The molecule has 1 saturated carbocycles. The van der Waals surface area contributed by atoms with Gasteiger partial charge in [0.15, 0.2) is 0 Å². The molecule has 104 valence electrons. The molecule has 1 aromatic rings. The van der Waals surface area contributed by atoms with E-state index in [-0.39, 0.29) is 5.92 Å². The zero-order valence-corrected chi connectivity index (χ0v) is 12.3. The van der Waals surface area contributed by atoms with Crippen LogP contribution in [0.15, 0.2) is 6.07 Å². The molecule has 19 heavy (non-hydrogen) atoms. The van der Waals surface area contributed by atoms with Crippen LogP contribution in [-0.2, 0) is 11.2 Å². The van der Waals surface area contributed by atoms with Crippen molar-refractivity contribution < 1.29 is 14.6 Å². The molecule has 0 aliphatic heterocycles. The third-order valence-electron chi connectivity index (χ3n) is 4.00. The Morgan fingerprint density at radius 2 is 2.21 bits per heavy atom. The minimum atomic E-state index is -0.670. The molecule has 2 atom stereocenters. The normalized spacial score (nSPS) is 21.3. The first-order chi connectivity index (χ1) is 8.95. The first-order valence-corrected chi connectivity index (χ1v) is 6.88. The molecule has 2 unspecified atom stereocenters. The van der Waals surface area contributed by atoms with Crippen molar-refractivity contribution in [1.29, 1.82) is 0 Å². The average molecular weight is 283 g/mol. The second-order valence-electron chi connectivity index (χ2n) is 5.29. The van der Waals surface area contributed by atoms with Gasteiger partial charge >= 0.3 is 5.97 Å². The number of carbonyl (C=O) groups is 1. The van der Waals surface area contributed by atoms with Gasteiger partial charge in [0.05, 0.1) is 13.0 Å². The fraction of sp³-hybridized carbons (Fsp3) is 0.533. The molecule has 2 rings (SSSR count). The van der Waals surface area contributed by atoms with Crippen molar-refractivity contribution in [2.45, 2.75) is 33.1 Å². The zero-order valence-electron chi connectivity index (χ0n) is 11.5. The van der Waals surface area contributed by atoms with Crippen molar-refractivity contribution in [1.82, 2.24) is 0 Å². The second kappa shape index (κ2) is 5.41. The van der Waals surface area contributed by atoms with Gasteiger partial charge in [0.1, 0.15) is 5.75 Å². The number of benzene rings is 1. The predicted molar refractivity (Wildman–Crippen MR) is 75.0 cm³/mol. The molecular weight excluding hydrogens is 264 g/mol. The number of carboxylic acid groups (broad SMARTS) is 1. The maximum atomic E-state index is 10.8. The van der Waals surface area contributed by atoms with Crippen LogP contribution >= 0.6 is 11.6 Å². The third-order valence-corrected chi connectivity index (χ3v) is 4.39. The summed E-state index contributed by atoms with van der Waals surface area (Å²) in [7, 11) is 1.66. The lowest BCUT2D eigenvalue weighted by molar-refractivity contribution is -0.138. The quantitative estimate of drug-likeness (QED) is 0.897. The zero-order chi connectivity index (χ0) is 14.2. The Balaban J connectivity index is 2.14. The predicted octanol–water partition coefficient (Wildman–Crippen LogP) is 3.62. The molecule has 4 heteroatoms. The molecule has 0 saturated heterocycles. The van der Waals surface area contributed by atoms with E-state index in [1.165, 1.54) is 0 Å². The van der Waals surface area contributed by atoms with Crippen LogP contribution in [0.3, 0.4) is 0 Å². The summed E-state index contributed by atoms with van der Waals surface area (Å²) in [5.41, 5.74) is 3.18. The number of aliphatic carboxylic acids is 1. The lowest BCUT2D eigenvalue weighted by Gasteiger charge is -2.15. The van der Waals surface area contributed by atoms with Crippen LogP contribution < -0.4 is 4.74 Å².